The van der Waals surface area contributed by atoms with E-state index in [0.29, 0.717) is 4.40 Å². The van der Waals surface area contributed by atoms with Crippen molar-refractivity contribution in [3.8, 4) is 0 Å². The number of pyridine rings is 1. The Hall–Kier alpha value is -2.49. The maximum atomic E-state index is 13.0. The van der Waals surface area contributed by atoms with Crippen molar-refractivity contribution < 1.29 is 22.7 Å². The molecule has 22 heavy (non-hydrogen) atoms. The lowest BCUT2D eigenvalue weighted by Gasteiger charge is -2.07. The highest BCUT2D eigenvalue weighted by Crippen LogP contribution is 2.31. The van der Waals surface area contributed by atoms with E-state index in [0.717, 1.165) is 13.3 Å². The minimum atomic E-state index is -4.75. The second kappa shape index (κ2) is 4.77. The van der Waals surface area contributed by atoms with E-state index in [-0.39, 0.29) is 27.5 Å². The fraction of sp³-hybridized carbons (Fsp3) is 0.182. The van der Waals surface area contributed by atoms with Crippen molar-refractivity contribution >= 4 is 34.4 Å². The quantitative estimate of drug-likeness (QED) is 0.635. The molecule has 3 rings (SSSR count). The summed E-state index contributed by atoms with van der Waals surface area (Å²) in [5.74, 6) is -1.98. The van der Waals surface area contributed by atoms with Crippen molar-refractivity contribution in [1.29, 1.82) is 0 Å². The van der Waals surface area contributed by atoms with E-state index in [1.807, 2.05) is 0 Å². The molecule has 0 amide bonds. The van der Waals surface area contributed by atoms with E-state index in [4.69, 9.17) is 11.6 Å². The summed E-state index contributed by atoms with van der Waals surface area (Å²) in [5.41, 5.74) is -0.450. The minimum absolute atomic E-state index is 0.0225. The van der Waals surface area contributed by atoms with Crippen molar-refractivity contribution in [3.63, 3.8) is 0 Å². The number of carbonyl (C=O) groups excluding carboxylic acids is 1. The van der Waals surface area contributed by atoms with Gasteiger partial charge in [0.1, 0.15) is 5.52 Å². The van der Waals surface area contributed by atoms with E-state index in [2.05, 4.69) is 24.9 Å². The molecule has 3 aromatic rings. The molecule has 114 valence electrons. The van der Waals surface area contributed by atoms with Crippen molar-refractivity contribution in [2.24, 2.45) is 0 Å². The molecule has 0 aromatic carbocycles. The summed E-state index contributed by atoms with van der Waals surface area (Å²) in [6.45, 7) is 0. The van der Waals surface area contributed by atoms with E-state index < -0.39 is 18.0 Å². The lowest BCUT2D eigenvalue weighted by atomic mass is 10.2. The molecule has 0 unspecified atom stereocenters. The zero-order valence-electron chi connectivity index (χ0n) is 10.7. The number of aromatic nitrogens is 5. The molecule has 0 saturated carbocycles. The van der Waals surface area contributed by atoms with Crippen LogP contribution in [0.25, 0.3) is 16.8 Å². The van der Waals surface area contributed by atoms with Crippen LogP contribution in [0.5, 0.6) is 0 Å². The van der Waals surface area contributed by atoms with E-state index in [1.165, 1.54) is 6.07 Å². The van der Waals surface area contributed by atoms with E-state index >= 15 is 0 Å². The van der Waals surface area contributed by atoms with Gasteiger partial charge in [-0.05, 0) is 6.07 Å². The second-order valence-corrected chi connectivity index (χ2v) is 4.50. The molecule has 0 aliphatic heterocycles. The Labute approximate surface area is 124 Å². The minimum Gasteiger partial charge on any atom is -0.465 e. The first-order valence-electron chi connectivity index (χ1n) is 5.69. The molecule has 3 heterocycles. The maximum Gasteiger partial charge on any atom is 0.452 e. The van der Waals surface area contributed by atoms with Crippen LogP contribution in [0, 0.1) is 0 Å². The maximum absolute atomic E-state index is 13.0. The van der Waals surface area contributed by atoms with Gasteiger partial charge in [0, 0.05) is 6.20 Å². The smallest absolute Gasteiger partial charge is 0.452 e. The first kappa shape index (κ1) is 14.4. The first-order valence-corrected chi connectivity index (χ1v) is 6.06. The first-order chi connectivity index (χ1) is 10.3. The molecule has 0 bridgehead atoms. The molecule has 7 nitrogen and oxygen atoms in total. The summed E-state index contributed by atoms with van der Waals surface area (Å²) in [4.78, 5) is 19.2. The van der Waals surface area contributed by atoms with Crippen LogP contribution in [0.1, 0.15) is 16.2 Å². The van der Waals surface area contributed by atoms with Crippen LogP contribution in [0.15, 0.2) is 12.3 Å². The SMILES string of the molecule is COC(=O)c1cnc2c(c1)nc(Cl)c1nnc(C(F)(F)F)n12. The van der Waals surface area contributed by atoms with Gasteiger partial charge in [-0.25, -0.2) is 14.8 Å². The lowest BCUT2D eigenvalue weighted by Crippen LogP contribution is -2.12. The fourth-order valence-electron chi connectivity index (χ4n) is 1.89. The standard InChI is InChI=1S/C11H5ClF3N5O2/c1-22-9(21)4-2-5-7(16-3-4)20-8(6(12)17-5)18-19-10(20)11(13,14)15/h2-3H,1H3. The molecule has 0 aliphatic carbocycles. The summed E-state index contributed by atoms with van der Waals surface area (Å²) >= 11 is 5.82. The molecule has 11 heteroatoms. The van der Waals surface area contributed by atoms with Gasteiger partial charge in [0.05, 0.1) is 12.7 Å². The third-order valence-electron chi connectivity index (χ3n) is 2.80. The van der Waals surface area contributed by atoms with Gasteiger partial charge in [0.2, 0.25) is 11.5 Å². The number of nitrogens with zero attached hydrogens (tertiary/aromatic N) is 5. The zero-order valence-corrected chi connectivity index (χ0v) is 11.5. The number of fused-ring (bicyclic) bond motifs is 3. The highest BCUT2D eigenvalue weighted by molar-refractivity contribution is 6.32. The third-order valence-corrected chi connectivity index (χ3v) is 3.05. The molecular weight excluding hydrogens is 327 g/mol. The second-order valence-electron chi connectivity index (χ2n) is 4.14. The Morgan fingerprint density at radius 2 is 2.05 bits per heavy atom. The molecular formula is C11H5ClF3N5O2. The Morgan fingerprint density at radius 1 is 1.32 bits per heavy atom. The Kier molecular flexibility index (Phi) is 3.13. The van der Waals surface area contributed by atoms with Crippen LogP contribution < -0.4 is 0 Å². The summed E-state index contributed by atoms with van der Waals surface area (Å²) in [5, 5.41) is 6.17. The monoisotopic (exact) mass is 331 g/mol. The number of ether oxygens (including phenoxy) is 1. The highest BCUT2D eigenvalue weighted by atomic mass is 35.5. The van der Waals surface area contributed by atoms with Gasteiger partial charge in [-0.2, -0.15) is 13.2 Å². The molecule has 0 saturated heterocycles. The van der Waals surface area contributed by atoms with Crippen LogP contribution in [0.3, 0.4) is 0 Å². The number of carbonyl (C=O) groups is 1. The topological polar surface area (TPSA) is 82.3 Å². The van der Waals surface area contributed by atoms with Gasteiger partial charge < -0.3 is 4.74 Å². The van der Waals surface area contributed by atoms with Gasteiger partial charge in [0.25, 0.3) is 0 Å². The summed E-state index contributed by atoms with van der Waals surface area (Å²) in [7, 11) is 1.16. The molecule has 0 radical (unpaired) electrons. The van der Waals surface area contributed by atoms with Crippen molar-refractivity contribution in [2.75, 3.05) is 7.11 Å². The van der Waals surface area contributed by atoms with Crippen LogP contribution in [0.2, 0.25) is 5.15 Å². The molecule has 0 atom stereocenters. The van der Waals surface area contributed by atoms with Crippen molar-refractivity contribution in [3.05, 3.63) is 28.8 Å². The number of hydrogen-bond donors (Lipinski definition) is 0. The number of hydrogen-bond acceptors (Lipinski definition) is 6. The largest absolute Gasteiger partial charge is 0.465 e. The Balaban J connectivity index is 2.40. The number of rotatable bonds is 1. The van der Waals surface area contributed by atoms with E-state index in [1.54, 1.807) is 0 Å². The highest BCUT2D eigenvalue weighted by Gasteiger charge is 2.38. The molecule has 0 aliphatic rings. The Bertz CT molecular complexity index is 908. The van der Waals surface area contributed by atoms with Gasteiger partial charge in [-0.3, -0.25) is 4.40 Å². The van der Waals surface area contributed by atoms with Crippen molar-refractivity contribution in [2.45, 2.75) is 6.18 Å². The Morgan fingerprint density at radius 3 is 2.68 bits per heavy atom. The lowest BCUT2D eigenvalue weighted by molar-refractivity contribution is -0.145. The number of methoxy groups -OCH3 is 1. The summed E-state index contributed by atoms with van der Waals surface area (Å²) in [6, 6.07) is 1.22. The van der Waals surface area contributed by atoms with Crippen LogP contribution in [-0.2, 0) is 10.9 Å². The average molecular weight is 332 g/mol. The van der Waals surface area contributed by atoms with Crippen LogP contribution in [-0.4, -0.2) is 37.6 Å². The summed E-state index contributed by atoms with van der Waals surface area (Å²) < 4.78 is 44.1. The number of halogens is 4. The van der Waals surface area contributed by atoms with Gasteiger partial charge in [-0.15, -0.1) is 10.2 Å². The van der Waals surface area contributed by atoms with Crippen molar-refractivity contribution in [1.82, 2.24) is 24.6 Å². The third kappa shape index (κ3) is 2.11. The molecule has 3 aromatic heterocycles. The summed E-state index contributed by atoms with van der Waals surface area (Å²) in [6.07, 6.45) is -3.68. The zero-order chi connectivity index (χ0) is 16.1. The predicted molar refractivity (Wildman–Crippen MR) is 67.4 cm³/mol. The molecule has 0 spiro atoms. The van der Waals surface area contributed by atoms with Crippen LogP contribution >= 0.6 is 11.6 Å². The number of esters is 1. The predicted octanol–water partition coefficient (Wildman–Crippen LogP) is 2.13. The van der Waals surface area contributed by atoms with Crippen LogP contribution in [0.4, 0.5) is 13.2 Å². The molecule has 0 fully saturated rings. The van der Waals surface area contributed by atoms with E-state index in [9.17, 15) is 18.0 Å². The van der Waals surface area contributed by atoms with Gasteiger partial charge in [0.15, 0.2) is 10.8 Å². The molecule has 0 N–H and O–H groups in total. The van der Waals surface area contributed by atoms with Gasteiger partial charge in [-0.1, -0.05) is 11.6 Å². The average Bonchev–Trinajstić information content (AvgIpc) is 2.91. The normalized spacial score (nSPS) is 12.0. The number of alkyl halides is 3. The van der Waals surface area contributed by atoms with Gasteiger partial charge >= 0.3 is 12.1 Å². The fourth-order valence-corrected chi connectivity index (χ4v) is 2.10.